The number of nitrogens with one attached hydrogen (secondary N) is 1. The summed E-state index contributed by atoms with van der Waals surface area (Å²) in [5.74, 6) is 0. The van der Waals surface area contributed by atoms with Gasteiger partial charge in [-0.15, -0.1) is 11.3 Å². The Hall–Kier alpha value is -0.300. The van der Waals surface area contributed by atoms with Gasteiger partial charge in [0.25, 0.3) is 0 Å². The van der Waals surface area contributed by atoms with Crippen molar-refractivity contribution in [3.8, 4) is 0 Å². The van der Waals surface area contributed by atoms with Gasteiger partial charge in [0, 0.05) is 16.6 Å². The van der Waals surface area contributed by atoms with E-state index in [2.05, 4.69) is 4.72 Å². The lowest BCUT2D eigenvalue weighted by Gasteiger charge is -2.06. The molecule has 0 atom stereocenters. The average molecular weight is 357 g/mol. The van der Waals surface area contributed by atoms with Crippen LogP contribution in [0.2, 0.25) is 14.4 Å². The third-order valence-electron chi connectivity index (χ3n) is 2.28. The Morgan fingerprint density at radius 1 is 1.11 bits per heavy atom. The summed E-state index contributed by atoms with van der Waals surface area (Å²) in [5.41, 5.74) is 0.650. The molecule has 3 nitrogen and oxygen atoms in total. The van der Waals surface area contributed by atoms with E-state index < -0.39 is 10.0 Å². The highest BCUT2D eigenvalue weighted by Crippen LogP contribution is 2.26. The first-order valence-electron chi connectivity index (χ1n) is 5.07. The highest BCUT2D eigenvalue weighted by molar-refractivity contribution is 7.91. The summed E-state index contributed by atoms with van der Waals surface area (Å²) < 4.78 is 27.0. The van der Waals surface area contributed by atoms with Crippen LogP contribution < -0.4 is 4.72 Å². The number of thiophene rings is 1. The summed E-state index contributed by atoms with van der Waals surface area (Å²) in [6, 6.07) is 7.89. The fourth-order valence-corrected chi connectivity index (χ4v) is 4.36. The summed E-state index contributed by atoms with van der Waals surface area (Å²) in [7, 11) is -3.57. The molecule has 1 heterocycles. The molecule has 1 N–H and O–H groups in total. The quantitative estimate of drug-likeness (QED) is 0.893. The molecule has 0 unspecified atom stereocenters. The Kier molecular flexibility index (Phi) is 4.76. The van der Waals surface area contributed by atoms with Crippen LogP contribution in [0.4, 0.5) is 0 Å². The molecule has 2 rings (SSSR count). The monoisotopic (exact) mass is 355 g/mol. The van der Waals surface area contributed by atoms with Crippen LogP contribution in [0.15, 0.2) is 34.5 Å². The van der Waals surface area contributed by atoms with Crippen molar-refractivity contribution in [3.63, 3.8) is 0 Å². The standard InChI is InChI=1S/C11H8Cl3NO2S2/c12-8-2-1-7(9(13)5-8)6-15-19(16,17)11-4-3-10(14)18-11/h1-5,15H,6H2. The third-order valence-corrected chi connectivity index (χ3v) is 5.99. The Morgan fingerprint density at radius 2 is 1.84 bits per heavy atom. The zero-order valence-electron chi connectivity index (χ0n) is 9.36. The maximum atomic E-state index is 12.0. The molecule has 8 heteroatoms. The van der Waals surface area contributed by atoms with E-state index in [1.54, 1.807) is 18.2 Å². The highest BCUT2D eigenvalue weighted by atomic mass is 35.5. The van der Waals surface area contributed by atoms with Gasteiger partial charge in [-0.3, -0.25) is 0 Å². The van der Waals surface area contributed by atoms with Gasteiger partial charge in [-0.1, -0.05) is 40.9 Å². The van der Waals surface area contributed by atoms with Crippen LogP contribution in [-0.2, 0) is 16.6 Å². The van der Waals surface area contributed by atoms with Crippen molar-refractivity contribution in [1.82, 2.24) is 4.72 Å². The topological polar surface area (TPSA) is 46.2 Å². The van der Waals surface area contributed by atoms with E-state index in [4.69, 9.17) is 34.8 Å². The van der Waals surface area contributed by atoms with Gasteiger partial charge in [-0.25, -0.2) is 13.1 Å². The molecule has 0 amide bonds. The van der Waals surface area contributed by atoms with Gasteiger partial charge in [0.15, 0.2) is 0 Å². The van der Waals surface area contributed by atoms with E-state index in [1.807, 2.05) is 0 Å². The highest BCUT2D eigenvalue weighted by Gasteiger charge is 2.16. The van der Waals surface area contributed by atoms with Gasteiger partial charge in [-0.05, 0) is 29.8 Å². The smallest absolute Gasteiger partial charge is 0.206 e. The van der Waals surface area contributed by atoms with Crippen molar-refractivity contribution < 1.29 is 8.42 Å². The summed E-state index contributed by atoms with van der Waals surface area (Å²) in [6.07, 6.45) is 0. The fraction of sp³-hybridized carbons (Fsp3) is 0.0909. The van der Waals surface area contributed by atoms with Crippen LogP contribution in [-0.4, -0.2) is 8.42 Å². The SMILES string of the molecule is O=S(=O)(NCc1ccc(Cl)cc1Cl)c1ccc(Cl)s1. The largest absolute Gasteiger partial charge is 0.250 e. The Balaban J connectivity index is 2.14. The molecule has 0 aliphatic rings. The van der Waals surface area contributed by atoms with Crippen LogP contribution >= 0.6 is 46.1 Å². The second kappa shape index (κ2) is 5.99. The van der Waals surface area contributed by atoms with Gasteiger partial charge < -0.3 is 0 Å². The van der Waals surface area contributed by atoms with Gasteiger partial charge >= 0.3 is 0 Å². The molecule has 0 saturated heterocycles. The summed E-state index contributed by atoms with van der Waals surface area (Å²) in [5, 5.41) is 0.918. The minimum Gasteiger partial charge on any atom is -0.206 e. The number of rotatable bonds is 4. The first kappa shape index (κ1) is 15.1. The first-order chi connectivity index (χ1) is 8.88. The first-order valence-corrected chi connectivity index (χ1v) is 8.51. The van der Waals surface area contributed by atoms with E-state index in [9.17, 15) is 8.42 Å². The zero-order valence-corrected chi connectivity index (χ0v) is 13.3. The van der Waals surface area contributed by atoms with Gasteiger partial charge in [0.2, 0.25) is 10.0 Å². The maximum absolute atomic E-state index is 12.0. The van der Waals surface area contributed by atoms with E-state index in [1.165, 1.54) is 12.1 Å². The summed E-state index contributed by atoms with van der Waals surface area (Å²) in [6.45, 7) is 0.0911. The molecular weight excluding hydrogens is 349 g/mol. The molecular formula is C11H8Cl3NO2S2. The molecule has 0 fully saturated rings. The minimum absolute atomic E-state index is 0.0911. The van der Waals surface area contributed by atoms with Crippen molar-refractivity contribution in [1.29, 1.82) is 0 Å². The second-order valence-corrected chi connectivity index (χ2v) is 8.17. The number of benzene rings is 1. The van der Waals surface area contributed by atoms with Gasteiger partial charge in [-0.2, -0.15) is 0 Å². The fourth-order valence-electron chi connectivity index (χ4n) is 1.35. The molecule has 2 aromatic rings. The molecule has 19 heavy (non-hydrogen) atoms. The summed E-state index contributed by atoms with van der Waals surface area (Å²) in [4.78, 5) is 0. The zero-order chi connectivity index (χ0) is 14.0. The molecule has 1 aromatic heterocycles. The summed E-state index contributed by atoms with van der Waals surface area (Å²) >= 11 is 18.5. The number of hydrogen-bond acceptors (Lipinski definition) is 3. The minimum atomic E-state index is -3.57. The van der Waals surface area contributed by atoms with Crippen LogP contribution in [0, 0.1) is 0 Å². The molecule has 0 bridgehead atoms. The van der Waals surface area contributed by atoms with Gasteiger partial charge in [0.05, 0.1) is 4.34 Å². The normalized spacial score (nSPS) is 11.7. The molecule has 1 aromatic carbocycles. The predicted octanol–water partition coefficient (Wildman–Crippen LogP) is 4.19. The number of sulfonamides is 1. The number of hydrogen-bond donors (Lipinski definition) is 1. The third kappa shape index (κ3) is 3.84. The van der Waals surface area contributed by atoms with E-state index in [-0.39, 0.29) is 10.8 Å². The molecule has 0 saturated carbocycles. The molecule has 0 aliphatic heterocycles. The molecule has 102 valence electrons. The van der Waals surface area contributed by atoms with Crippen molar-refractivity contribution in [3.05, 3.63) is 50.3 Å². The second-order valence-electron chi connectivity index (χ2n) is 3.62. The van der Waals surface area contributed by atoms with E-state index in [0.29, 0.717) is 19.9 Å². The average Bonchev–Trinajstić information content (AvgIpc) is 2.75. The Labute approximate surface area is 130 Å². The van der Waals surface area contributed by atoms with Crippen molar-refractivity contribution >= 4 is 56.2 Å². The van der Waals surface area contributed by atoms with Crippen LogP contribution in [0.3, 0.4) is 0 Å². The molecule has 0 spiro atoms. The van der Waals surface area contributed by atoms with Gasteiger partial charge in [0.1, 0.15) is 4.21 Å². The maximum Gasteiger partial charge on any atom is 0.250 e. The van der Waals surface area contributed by atoms with Crippen LogP contribution in [0.1, 0.15) is 5.56 Å². The van der Waals surface area contributed by atoms with Crippen LogP contribution in [0.25, 0.3) is 0 Å². The lowest BCUT2D eigenvalue weighted by atomic mass is 10.2. The van der Waals surface area contributed by atoms with Crippen molar-refractivity contribution in [2.45, 2.75) is 10.8 Å². The predicted molar refractivity (Wildman–Crippen MR) is 79.8 cm³/mol. The van der Waals surface area contributed by atoms with E-state index in [0.717, 1.165) is 11.3 Å². The van der Waals surface area contributed by atoms with Crippen LogP contribution in [0.5, 0.6) is 0 Å². The molecule has 0 aliphatic carbocycles. The van der Waals surface area contributed by atoms with E-state index >= 15 is 0 Å². The van der Waals surface area contributed by atoms with Crippen molar-refractivity contribution in [2.24, 2.45) is 0 Å². The molecule has 0 radical (unpaired) electrons. The van der Waals surface area contributed by atoms with Crippen molar-refractivity contribution in [2.75, 3.05) is 0 Å². The lowest BCUT2D eigenvalue weighted by molar-refractivity contribution is 0.583. The number of halogens is 3. The Morgan fingerprint density at radius 3 is 2.42 bits per heavy atom. The lowest BCUT2D eigenvalue weighted by Crippen LogP contribution is -2.22. The Bertz CT molecular complexity index is 698.